The van der Waals surface area contributed by atoms with E-state index >= 15 is 0 Å². The summed E-state index contributed by atoms with van der Waals surface area (Å²) in [6.07, 6.45) is 0. The van der Waals surface area contributed by atoms with E-state index in [2.05, 4.69) is 0 Å². The van der Waals surface area contributed by atoms with Crippen LogP contribution in [0, 0.1) is 47.3 Å². The fraction of sp³-hybridized carbons (Fsp3) is 0.833. The number of hydrogen-bond donors (Lipinski definition) is 0. The van der Waals surface area contributed by atoms with Gasteiger partial charge >= 0.3 is 11.9 Å². The minimum Gasteiger partial charge on any atom is -0.469 e. The molecule has 0 aromatic rings. The lowest BCUT2D eigenvalue weighted by atomic mass is 9.82. The van der Waals surface area contributed by atoms with E-state index in [1.54, 1.807) is 0 Å². The first-order chi connectivity index (χ1) is 7.72. The summed E-state index contributed by atoms with van der Waals surface area (Å²) in [7, 11) is 2.91. The number of ether oxygens (including phenoxy) is 2. The Morgan fingerprint density at radius 3 is 1.25 bits per heavy atom. The van der Waals surface area contributed by atoms with Crippen molar-refractivity contribution in [2.45, 2.75) is 0 Å². The third-order valence-corrected chi connectivity index (χ3v) is 5.43. The molecule has 0 aromatic carbocycles. The first-order valence-corrected chi connectivity index (χ1v) is 5.88. The normalized spacial score (nSPS) is 57.9. The highest BCUT2D eigenvalue weighted by Crippen LogP contribution is 2.88. The summed E-state index contributed by atoms with van der Waals surface area (Å²) >= 11 is 0. The lowest BCUT2D eigenvalue weighted by Gasteiger charge is -2.23. The molecule has 0 amide bonds. The molecule has 0 spiro atoms. The highest BCUT2D eigenvalue weighted by Gasteiger charge is 2.89. The van der Waals surface area contributed by atoms with E-state index in [-0.39, 0.29) is 23.8 Å². The SMILES string of the molecule is COC(=O)C1[C@@H]2C3C4[C@@H]1[C@@H]4C(C(=O)OC)[C@H]32. The zero-order valence-electron chi connectivity index (χ0n) is 9.25. The van der Waals surface area contributed by atoms with Crippen LogP contribution in [-0.4, -0.2) is 26.2 Å². The van der Waals surface area contributed by atoms with Gasteiger partial charge in [0, 0.05) is 0 Å². The van der Waals surface area contributed by atoms with Crippen LogP contribution in [0.15, 0.2) is 0 Å². The van der Waals surface area contributed by atoms with Gasteiger partial charge < -0.3 is 9.47 Å². The summed E-state index contributed by atoms with van der Waals surface area (Å²) in [5, 5.41) is 0. The van der Waals surface area contributed by atoms with Crippen LogP contribution < -0.4 is 0 Å². The van der Waals surface area contributed by atoms with Crippen molar-refractivity contribution in [3.8, 4) is 0 Å². The number of rotatable bonds is 2. The molecule has 4 heteroatoms. The number of carbonyl (C=O) groups excluding carboxylic acids is 2. The van der Waals surface area contributed by atoms with Crippen LogP contribution in [0.5, 0.6) is 0 Å². The standard InChI is InChI=1S/C12H14O4/c1-15-11(13)9-5-3-4-6(9)8(4)10(7(3)5)12(14)16-2/h3-10H,1-2H3/t3?,4?,5-,6-,7-,8-,9?,10?/m1/s1. The molecule has 86 valence electrons. The molecule has 4 atom stereocenters. The van der Waals surface area contributed by atoms with E-state index in [1.165, 1.54) is 14.2 Å². The minimum atomic E-state index is -0.0594. The second-order valence-electron chi connectivity index (χ2n) is 5.56. The Morgan fingerprint density at radius 2 is 1.00 bits per heavy atom. The van der Waals surface area contributed by atoms with E-state index in [4.69, 9.17) is 9.47 Å². The summed E-state index contributed by atoms with van der Waals surface area (Å²) in [5.41, 5.74) is 0. The molecule has 4 rings (SSSR count). The quantitative estimate of drug-likeness (QED) is 0.631. The Balaban J connectivity index is 1.62. The maximum absolute atomic E-state index is 11.7. The Kier molecular flexibility index (Phi) is 1.37. The van der Waals surface area contributed by atoms with Crippen molar-refractivity contribution in [3.63, 3.8) is 0 Å². The second-order valence-corrected chi connectivity index (χ2v) is 5.56. The number of methoxy groups -OCH3 is 2. The van der Waals surface area contributed by atoms with E-state index in [0.717, 1.165) is 0 Å². The number of carbonyl (C=O) groups is 2. The smallest absolute Gasteiger partial charge is 0.309 e. The lowest BCUT2D eigenvalue weighted by Crippen LogP contribution is -2.32. The van der Waals surface area contributed by atoms with Gasteiger partial charge in [-0.3, -0.25) is 9.59 Å². The van der Waals surface area contributed by atoms with Crippen LogP contribution in [-0.2, 0) is 19.1 Å². The third kappa shape index (κ3) is 0.711. The van der Waals surface area contributed by atoms with E-state index in [9.17, 15) is 9.59 Å². The van der Waals surface area contributed by atoms with Crippen LogP contribution in [0.4, 0.5) is 0 Å². The molecule has 16 heavy (non-hydrogen) atoms. The molecular formula is C12H14O4. The van der Waals surface area contributed by atoms with E-state index in [0.29, 0.717) is 35.5 Å². The maximum atomic E-state index is 11.7. The minimum absolute atomic E-state index is 0.0594. The molecule has 0 saturated heterocycles. The van der Waals surface area contributed by atoms with Gasteiger partial charge in [-0.2, -0.15) is 0 Å². The van der Waals surface area contributed by atoms with Gasteiger partial charge in [0.1, 0.15) is 0 Å². The van der Waals surface area contributed by atoms with Crippen molar-refractivity contribution in [1.29, 1.82) is 0 Å². The van der Waals surface area contributed by atoms with Gasteiger partial charge in [-0.1, -0.05) is 0 Å². The molecule has 4 aliphatic rings. The van der Waals surface area contributed by atoms with Crippen LogP contribution in [0.3, 0.4) is 0 Å². The van der Waals surface area contributed by atoms with E-state index < -0.39 is 0 Å². The van der Waals surface area contributed by atoms with Gasteiger partial charge in [0.15, 0.2) is 0 Å². The molecule has 0 N–H and O–H groups in total. The van der Waals surface area contributed by atoms with Crippen molar-refractivity contribution in [3.05, 3.63) is 0 Å². The van der Waals surface area contributed by atoms with Crippen LogP contribution in [0.25, 0.3) is 0 Å². The zero-order valence-corrected chi connectivity index (χ0v) is 9.25. The topological polar surface area (TPSA) is 52.6 Å². The van der Waals surface area contributed by atoms with Gasteiger partial charge in [-0.15, -0.1) is 0 Å². The summed E-state index contributed by atoms with van der Waals surface area (Å²) in [5.74, 6) is 3.03. The van der Waals surface area contributed by atoms with Crippen molar-refractivity contribution >= 4 is 11.9 Å². The van der Waals surface area contributed by atoms with Gasteiger partial charge in [0.25, 0.3) is 0 Å². The second kappa shape index (κ2) is 2.44. The molecule has 4 nitrogen and oxygen atoms in total. The maximum Gasteiger partial charge on any atom is 0.309 e. The Hall–Kier alpha value is -1.06. The molecule has 0 radical (unpaired) electrons. The average Bonchev–Trinajstić information content (AvgIpc) is 3.15. The molecule has 0 aliphatic heterocycles. The highest BCUT2D eigenvalue weighted by atomic mass is 16.5. The predicted molar refractivity (Wildman–Crippen MR) is 52.0 cm³/mol. The molecule has 0 aromatic heterocycles. The Labute approximate surface area is 93.3 Å². The molecular weight excluding hydrogens is 208 g/mol. The Bertz CT molecular complexity index is 346. The summed E-state index contributed by atoms with van der Waals surface area (Å²) in [6, 6.07) is 0. The molecule has 0 heterocycles. The summed E-state index contributed by atoms with van der Waals surface area (Å²) in [4.78, 5) is 23.3. The molecule has 4 saturated carbocycles. The summed E-state index contributed by atoms with van der Waals surface area (Å²) < 4.78 is 9.73. The first-order valence-electron chi connectivity index (χ1n) is 5.88. The number of fused-ring (bicyclic) bond motifs is 2. The lowest BCUT2D eigenvalue weighted by molar-refractivity contribution is -0.153. The number of esters is 2. The van der Waals surface area contributed by atoms with Crippen molar-refractivity contribution in [1.82, 2.24) is 0 Å². The predicted octanol–water partition coefficient (Wildman–Crippen LogP) is 0.316. The fourth-order valence-corrected chi connectivity index (χ4v) is 5.13. The number of hydrogen-bond acceptors (Lipinski definition) is 4. The highest BCUT2D eigenvalue weighted by molar-refractivity contribution is 5.81. The van der Waals surface area contributed by atoms with Crippen molar-refractivity contribution in [2.75, 3.05) is 14.2 Å². The van der Waals surface area contributed by atoms with Crippen LogP contribution in [0.1, 0.15) is 0 Å². The monoisotopic (exact) mass is 222 g/mol. The van der Waals surface area contributed by atoms with Gasteiger partial charge in [0.2, 0.25) is 0 Å². The van der Waals surface area contributed by atoms with Crippen molar-refractivity contribution in [2.24, 2.45) is 47.3 Å². The third-order valence-electron chi connectivity index (χ3n) is 5.43. The molecule has 4 aliphatic carbocycles. The van der Waals surface area contributed by atoms with Crippen LogP contribution >= 0.6 is 0 Å². The van der Waals surface area contributed by atoms with E-state index in [1.807, 2.05) is 0 Å². The first kappa shape index (κ1) is 9.02. The van der Waals surface area contributed by atoms with Gasteiger partial charge in [-0.25, -0.2) is 0 Å². The van der Waals surface area contributed by atoms with Gasteiger partial charge in [-0.05, 0) is 35.5 Å². The van der Waals surface area contributed by atoms with Crippen LogP contribution in [0.2, 0.25) is 0 Å². The fourth-order valence-electron chi connectivity index (χ4n) is 5.13. The molecule has 4 fully saturated rings. The zero-order chi connectivity index (χ0) is 11.2. The molecule has 0 bridgehead atoms. The summed E-state index contributed by atoms with van der Waals surface area (Å²) in [6.45, 7) is 0. The van der Waals surface area contributed by atoms with Crippen molar-refractivity contribution < 1.29 is 19.1 Å². The van der Waals surface area contributed by atoms with Gasteiger partial charge in [0.05, 0.1) is 26.1 Å². The Morgan fingerprint density at radius 1 is 0.688 bits per heavy atom. The largest absolute Gasteiger partial charge is 0.469 e. The average molecular weight is 222 g/mol. The molecule has 0 unspecified atom stereocenters.